The van der Waals surface area contributed by atoms with E-state index in [4.69, 9.17) is 14.0 Å². The Morgan fingerprint density at radius 1 is 1.24 bits per heavy atom. The molecule has 1 atom stereocenters. The Bertz CT molecular complexity index is 708. The molecule has 9 nitrogen and oxygen atoms in total. The molecule has 2 rings (SSSR count). The van der Waals surface area contributed by atoms with Crippen molar-refractivity contribution in [1.82, 2.24) is 9.80 Å². The molecule has 1 aliphatic heterocycles. The van der Waals surface area contributed by atoms with Crippen LogP contribution in [0.1, 0.15) is 5.56 Å². The van der Waals surface area contributed by atoms with Gasteiger partial charge in [0, 0.05) is 19.6 Å². The third-order valence-corrected chi connectivity index (χ3v) is 4.23. The number of benzene rings is 1. The Morgan fingerprint density at radius 3 is 2.52 bits per heavy atom. The van der Waals surface area contributed by atoms with Crippen molar-refractivity contribution in [3.63, 3.8) is 0 Å². The van der Waals surface area contributed by atoms with Gasteiger partial charge in [-0.05, 0) is 5.56 Å². The van der Waals surface area contributed by atoms with Crippen molar-refractivity contribution in [1.29, 1.82) is 0 Å². The van der Waals surface area contributed by atoms with Gasteiger partial charge in [0.25, 0.3) is 10.1 Å². The van der Waals surface area contributed by atoms with Crippen molar-refractivity contribution in [3.8, 4) is 0 Å². The number of ether oxygens (including phenoxy) is 1. The van der Waals surface area contributed by atoms with Gasteiger partial charge < -0.3 is 14.7 Å². The zero-order valence-corrected chi connectivity index (χ0v) is 14.5. The van der Waals surface area contributed by atoms with Crippen LogP contribution in [0.5, 0.6) is 0 Å². The van der Waals surface area contributed by atoms with Crippen LogP contribution in [0.25, 0.3) is 0 Å². The van der Waals surface area contributed by atoms with E-state index < -0.39 is 28.3 Å². The molecule has 1 saturated heterocycles. The zero-order chi connectivity index (χ0) is 18.4. The van der Waals surface area contributed by atoms with Crippen molar-refractivity contribution in [2.75, 3.05) is 32.5 Å². The second-order valence-corrected chi connectivity index (χ2v) is 7.25. The highest BCUT2D eigenvalue weighted by Crippen LogP contribution is 2.14. The summed E-state index contributed by atoms with van der Waals surface area (Å²) in [5.74, 6) is 0. The molecule has 1 heterocycles. The van der Waals surface area contributed by atoms with E-state index >= 15 is 0 Å². The van der Waals surface area contributed by atoms with Crippen molar-refractivity contribution in [2.45, 2.75) is 12.6 Å². The van der Waals surface area contributed by atoms with Gasteiger partial charge in [-0.15, -0.1) is 0 Å². The van der Waals surface area contributed by atoms with Gasteiger partial charge in [-0.2, -0.15) is 8.42 Å². The summed E-state index contributed by atoms with van der Waals surface area (Å²) in [6, 6.07) is 8.34. The van der Waals surface area contributed by atoms with E-state index in [2.05, 4.69) is 0 Å². The van der Waals surface area contributed by atoms with Crippen molar-refractivity contribution < 1.29 is 32.0 Å². The minimum absolute atomic E-state index is 0.0503. The molecular weight excluding hydrogens is 352 g/mol. The summed E-state index contributed by atoms with van der Waals surface area (Å²) in [6.45, 7) is -0.102. The summed E-state index contributed by atoms with van der Waals surface area (Å²) in [6.07, 6.45) is -0.888. The maximum absolute atomic E-state index is 12.3. The Labute approximate surface area is 145 Å². The third-order valence-electron chi connectivity index (χ3n) is 3.67. The molecule has 0 bridgehead atoms. The molecule has 138 valence electrons. The fourth-order valence-corrected chi connectivity index (χ4v) is 2.82. The van der Waals surface area contributed by atoms with E-state index in [1.807, 2.05) is 18.2 Å². The standard InChI is InChI=1S/C15H20N2O7S/c1-25(21,22)24-11-13-9-16(14(18)19)7-8-17(13)15(20)23-10-12-5-3-2-4-6-12/h2-6,13H,7-11H2,1H3,(H,18,19)/t13-/m0/s1. The number of carbonyl (C=O) groups excluding carboxylic acids is 1. The molecule has 0 radical (unpaired) electrons. The monoisotopic (exact) mass is 372 g/mol. The molecule has 0 saturated carbocycles. The fourth-order valence-electron chi connectivity index (χ4n) is 2.42. The molecule has 1 N–H and O–H groups in total. The van der Waals surface area contributed by atoms with E-state index in [9.17, 15) is 18.0 Å². The van der Waals surface area contributed by atoms with Crippen LogP contribution in [0.15, 0.2) is 30.3 Å². The fraction of sp³-hybridized carbons (Fsp3) is 0.467. The molecule has 0 unspecified atom stereocenters. The summed E-state index contributed by atoms with van der Waals surface area (Å²) < 4.78 is 32.4. The van der Waals surface area contributed by atoms with Crippen molar-refractivity contribution in [3.05, 3.63) is 35.9 Å². The van der Waals surface area contributed by atoms with E-state index in [0.717, 1.165) is 16.7 Å². The molecular formula is C15H20N2O7S. The van der Waals surface area contributed by atoms with Crippen LogP contribution in [-0.4, -0.2) is 74.0 Å². The lowest BCUT2D eigenvalue weighted by Crippen LogP contribution is -2.58. The SMILES string of the molecule is CS(=O)(=O)OC[C@@H]1CN(C(=O)O)CCN1C(=O)OCc1ccccc1. The molecule has 0 aromatic heterocycles. The molecule has 1 fully saturated rings. The number of rotatable bonds is 5. The molecule has 1 aliphatic rings. The lowest BCUT2D eigenvalue weighted by Gasteiger charge is -2.39. The Balaban J connectivity index is 2.01. The van der Waals surface area contributed by atoms with Gasteiger partial charge in [0.2, 0.25) is 0 Å². The second-order valence-electron chi connectivity index (χ2n) is 5.60. The van der Waals surface area contributed by atoms with E-state index in [0.29, 0.717) is 0 Å². The number of nitrogens with zero attached hydrogens (tertiary/aromatic N) is 2. The van der Waals surface area contributed by atoms with Crippen LogP contribution in [0.4, 0.5) is 9.59 Å². The largest absolute Gasteiger partial charge is 0.465 e. The van der Waals surface area contributed by atoms with Gasteiger partial charge in [-0.25, -0.2) is 9.59 Å². The van der Waals surface area contributed by atoms with Gasteiger partial charge in [0.05, 0.1) is 18.9 Å². The number of hydrogen-bond donors (Lipinski definition) is 1. The molecule has 0 aliphatic carbocycles. The van der Waals surface area contributed by atoms with Gasteiger partial charge in [0.15, 0.2) is 0 Å². The maximum atomic E-state index is 12.3. The summed E-state index contributed by atoms with van der Waals surface area (Å²) in [5, 5.41) is 9.09. The molecule has 2 amide bonds. The predicted octanol–water partition coefficient (Wildman–Crippen LogP) is 0.964. The topological polar surface area (TPSA) is 113 Å². The van der Waals surface area contributed by atoms with Crippen molar-refractivity contribution in [2.24, 2.45) is 0 Å². The maximum Gasteiger partial charge on any atom is 0.410 e. The van der Waals surface area contributed by atoms with E-state index in [1.54, 1.807) is 12.1 Å². The summed E-state index contributed by atoms with van der Waals surface area (Å²) >= 11 is 0. The Hall–Kier alpha value is -2.33. The van der Waals surface area contributed by atoms with E-state index in [-0.39, 0.29) is 32.8 Å². The molecule has 0 spiro atoms. The first-order valence-corrected chi connectivity index (χ1v) is 9.37. The average molecular weight is 372 g/mol. The number of piperazine rings is 1. The number of hydrogen-bond acceptors (Lipinski definition) is 6. The minimum Gasteiger partial charge on any atom is -0.465 e. The van der Waals surface area contributed by atoms with Crippen LogP contribution < -0.4 is 0 Å². The van der Waals surface area contributed by atoms with E-state index in [1.165, 1.54) is 4.90 Å². The molecule has 25 heavy (non-hydrogen) atoms. The van der Waals surface area contributed by atoms with Crippen LogP contribution in [0.3, 0.4) is 0 Å². The quantitative estimate of drug-likeness (QED) is 0.766. The Morgan fingerprint density at radius 2 is 1.92 bits per heavy atom. The minimum atomic E-state index is -3.71. The molecule has 1 aromatic rings. The smallest absolute Gasteiger partial charge is 0.410 e. The van der Waals surface area contributed by atoms with Crippen LogP contribution >= 0.6 is 0 Å². The van der Waals surface area contributed by atoms with Crippen LogP contribution in [0.2, 0.25) is 0 Å². The average Bonchev–Trinajstić information content (AvgIpc) is 2.57. The van der Waals surface area contributed by atoms with Crippen LogP contribution in [0, 0.1) is 0 Å². The molecule has 1 aromatic carbocycles. The highest BCUT2D eigenvalue weighted by atomic mass is 32.2. The summed E-state index contributed by atoms with van der Waals surface area (Å²) in [5.41, 5.74) is 0.809. The predicted molar refractivity (Wildman–Crippen MR) is 87.5 cm³/mol. The first-order chi connectivity index (χ1) is 11.8. The van der Waals surface area contributed by atoms with Crippen LogP contribution in [-0.2, 0) is 25.6 Å². The van der Waals surface area contributed by atoms with Crippen molar-refractivity contribution >= 4 is 22.3 Å². The highest BCUT2D eigenvalue weighted by Gasteiger charge is 2.34. The zero-order valence-electron chi connectivity index (χ0n) is 13.7. The normalized spacial score (nSPS) is 18.0. The number of carbonyl (C=O) groups is 2. The number of amides is 2. The lowest BCUT2D eigenvalue weighted by atomic mass is 10.2. The molecule has 10 heteroatoms. The highest BCUT2D eigenvalue weighted by molar-refractivity contribution is 7.85. The summed E-state index contributed by atoms with van der Waals surface area (Å²) in [7, 11) is -3.71. The summed E-state index contributed by atoms with van der Waals surface area (Å²) in [4.78, 5) is 25.8. The van der Waals surface area contributed by atoms with Gasteiger partial charge in [-0.1, -0.05) is 30.3 Å². The Kier molecular flexibility index (Phi) is 6.21. The second kappa shape index (κ2) is 8.17. The third kappa shape index (κ3) is 5.91. The first-order valence-electron chi connectivity index (χ1n) is 7.56. The lowest BCUT2D eigenvalue weighted by molar-refractivity contribution is 0.0296. The van der Waals surface area contributed by atoms with Gasteiger partial charge in [-0.3, -0.25) is 9.08 Å². The first kappa shape index (κ1) is 19.0. The van der Waals surface area contributed by atoms with Gasteiger partial charge in [0.1, 0.15) is 6.61 Å². The van der Waals surface area contributed by atoms with Gasteiger partial charge >= 0.3 is 12.2 Å². The number of carboxylic acid groups (broad SMARTS) is 1.